The molecule has 0 aliphatic heterocycles. The van der Waals surface area contributed by atoms with Crippen molar-refractivity contribution >= 4 is 0 Å². The predicted octanol–water partition coefficient (Wildman–Crippen LogP) is 1.55. The molecule has 3 nitrogen and oxygen atoms in total. The van der Waals surface area contributed by atoms with Crippen molar-refractivity contribution in [3.63, 3.8) is 0 Å². The molecule has 0 aliphatic rings. The molecule has 0 saturated heterocycles. The molecule has 1 N–H and O–H groups in total. The molecule has 0 fully saturated rings. The minimum absolute atomic E-state index is 1.05. The molecule has 0 radical (unpaired) electrons. The maximum Gasteiger partial charge on any atom is 0.203 e. The summed E-state index contributed by atoms with van der Waals surface area (Å²) in [7, 11) is 0. The molecule has 0 amide bonds. The molecule has 0 unspecified atom stereocenters. The standard InChI is InChI=1S/C8HF3N2O/c9-5-3(1-12)6(10)7(11)8(14)4(5)2-13/h14H. The highest BCUT2D eigenvalue weighted by Crippen LogP contribution is 2.28. The van der Waals surface area contributed by atoms with E-state index >= 15 is 0 Å². The number of phenols is 1. The molecule has 14 heavy (non-hydrogen) atoms. The molecular formula is C8HF3N2O. The van der Waals surface area contributed by atoms with Gasteiger partial charge in [-0.3, -0.25) is 0 Å². The molecule has 0 heterocycles. The lowest BCUT2D eigenvalue weighted by atomic mass is 10.1. The first-order valence-electron chi connectivity index (χ1n) is 3.24. The van der Waals surface area contributed by atoms with E-state index in [2.05, 4.69) is 0 Å². The Kier molecular flexibility index (Phi) is 2.30. The molecule has 1 rings (SSSR count). The van der Waals surface area contributed by atoms with E-state index in [1.54, 1.807) is 0 Å². The molecule has 6 heteroatoms. The molecule has 0 aliphatic carbocycles. The summed E-state index contributed by atoms with van der Waals surface area (Å²) in [6.45, 7) is 0. The van der Waals surface area contributed by atoms with Crippen molar-refractivity contribution in [2.45, 2.75) is 0 Å². The highest BCUT2D eigenvalue weighted by Gasteiger charge is 2.24. The third-order valence-electron chi connectivity index (χ3n) is 1.52. The summed E-state index contributed by atoms with van der Waals surface area (Å²) in [5, 5.41) is 25.3. The Morgan fingerprint density at radius 1 is 0.857 bits per heavy atom. The summed E-state index contributed by atoms with van der Waals surface area (Å²) < 4.78 is 38.4. The van der Waals surface area contributed by atoms with Gasteiger partial charge in [0.15, 0.2) is 17.4 Å². The van der Waals surface area contributed by atoms with Crippen LogP contribution in [0.1, 0.15) is 11.1 Å². The van der Waals surface area contributed by atoms with E-state index in [0.29, 0.717) is 0 Å². The number of rotatable bonds is 0. The zero-order valence-corrected chi connectivity index (χ0v) is 6.48. The zero-order valence-electron chi connectivity index (χ0n) is 6.48. The Morgan fingerprint density at radius 3 is 1.79 bits per heavy atom. The lowest BCUT2D eigenvalue weighted by Crippen LogP contribution is -1.99. The maximum atomic E-state index is 13.0. The van der Waals surface area contributed by atoms with Gasteiger partial charge >= 0.3 is 0 Å². The fourth-order valence-electron chi connectivity index (χ4n) is 0.849. The second-order valence-corrected chi connectivity index (χ2v) is 2.26. The van der Waals surface area contributed by atoms with Crippen LogP contribution in [-0.2, 0) is 0 Å². The molecule has 0 atom stereocenters. The predicted molar refractivity (Wildman–Crippen MR) is 37.4 cm³/mol. The van der Waals surface area contributed by atoms with Gasteiger partial charge in [0.1, 0.15) is 23.3 Å². The minimum atomic E-state index is -1.81. The third-order valence-corrected chi connectivity index (χ3v) is 1.52. The summed E-state index contributed by atoms with van der Waals surface area (Å²) in [6, 6.07) is 2.18. The molecule has 0 bridgehead atoms. The average molecular weight is 198 g/mol. The van der Waals surface area contributed by atoms with Gasteiger partial charge in [0.05, 0.1) is 0 Å². The largest absolute Gasteiger partial charge is 0.504 e. The number of nitrogens with zero attached hydrogens (tertiary/aromatic N) is 2. The van der Waals surface area contributed by atoms with E-state index in [9.17, 15) is 13.2 Å². The van der Waals surface area contributed by atoms with Gasteiger partial charge < -0.3 is 5.11 Å². The Balaban J connectivity index is 3.78. The average Bonchev–Trinajstić information content (AvgIpc) is 2.16. The van der Waals surface area contributed by atoms with Crippen LogP contribution in [0.25, 0.3) is 0 Å². The van der Waals surface area contributed by atoms with Gasteiger partial charge in [0.2, 0.25) is 5.82 Å². The lowest BCUT2D eigenvalue weighted by molar-refractivity contribution is 0.396. The van der Waals surface area contributed by atoms with Crippen molar-refractivity contribution < 1.29 is 18.3 Å². The Hall–Kier alpha value is -2.21. The molecule has 0 spiro atoms. The second-order valence-electron chi connectivity index (χ2n) is 2.26. The number of aromatic hydroxyl groups is 1. The van der Waals surface area contributed by atoms with Crippen LogP contribution < -0.4 is 0 Å². The fraction of sp³-hybridized carbons (Fsp3) is 0. The number of nitriles is 2. The topological polar surface area (TPSA) is 67.8 Å². The summed E-state index contributed by atoms with van der Waals surface area (Å²) >= 11 is 0. The van der Waals surface area contributed by atoms with Crippen LogP contribution in [0.4, 0.5) is 13.2 Å². The highest BCUT2D eigenvalue weighted by atomic mass is 19.2. The van der Waals surface area contributed by atoms with Crippen LogP contribution in [0.3, 0.4) is 0 Å². The van der Waals surface area contributed by atoms with Crippen molar-refractivity contribution in [1.29, 1.82) is 10.5 Å². The minimum Gasteiger partial charge on any atom is -0.504 e. The van der Waals surface area contributed by atoms with E-state index in [-0.39, 0.29) is 0 Å². The first-order valence-corrected chi connectivity index (χ1v) is 3.24. The number of phenolic OH excluding ortho intramolecular Hbond substituents is 1. The van der Waals surface area contributed by atoms with Gasteiger partial charge in [0.25, 0.3) is 0 Å². The molecule has 70 valence electrons. The van der Waals surface area contributed by atoms with E-state index < -0.39 is 34.3 Å². The molecule has 1 aromatic rings. The van der Waals surface area contributed by atoms with Crippen molar-refractivity contribution in [2.75, 3.05) is 0 Å². The smallest absolute Gasteiger partial charge is 0.203 e. The maximum absolute atomic E-state index is 13.0. The summed E-state index contributed by atoms with van der Waals surface area (Å²) in [5.41, 5.74) is -2.31. The first-order chi connectivity index (χ1) is 6.54. The molecule has 1 aromatic carbocycles. The van der Waals surface area contributed by atoms with Crippen LogP contribution in [0, 0.1) is 40.1 Å². The van der Waals surface area contributed by atoms with Crippen LogP contribution in [0.5, 0.6) is 5.75 Å². The monoisotopic (exact) mass is 198 g/mol. The second kappa shape index (κ2) is 3.27. The highest BCUT2D eigenvalue weighted by molar-refractivity contribution is 5.51. The first kappa shape index (κ1) is 9.87. The SMILES string of the molecule is N#Cc1c(O)c(F)c(F)c(C#N)c1F. The lowest BCUT2D eigenvalue weighted by Gasteiger charge is -2.02. The number of hydrogen-bond acceptors (Lipinski definition) is 3. The quantitative estimate of drug-likeness (QED) is 0.643. The van der Waals surface area contributed by atoms with Crippen LogP contribution in [0.15, 0.2) is 0 Å². The van der Waals surface area contributed by atoms with E-state index in [4.69, 9.17) is 15.6 Å². The Bertz CT molecular complexity index is 444. The summed E-state index contributed by atoms with van der Waals surface area (Å²) in [4.78, 5) is 0. The summed E-state index contributed by atoms with van der Waals surface area (Å²) in [6.07, 6.45) is 0. The molecule has 0 aromatic heterocycles. The van der Waals surface area contributed by atoms with Crippen LogP contribution in [-0.4, -0.2) is 5.11 Å². The van der Waals surface area contributed by atoms with E-state index in [1.165, 1.54) is 0 Å². The summed E-state index contributed by atoms with van der Waals surface area (Å²) in [5.74, 6) is -6.60. The van der Waals surface area contributed by atoms with Crippen molar-refractivity contribution in [2.24, 2.45) is 0 Å². The normalized spacial score (nSPS) is 9.21. The molecular weight excluding hydrogens is 197 g/mol. The number of benzene rings is 1. The van der Waals surface area contributed by atoms with Crippen LogP contribution in [0.2, 0.25) is 0 Å². The van der Waals surface area contributed by atoms with Gasteiger partial charge in [-0.2, -0.15) is 14.9 Å². The van der Waals surface area contributed by atoms with Crippen molar-refractivity contribution in [3.8, 4) is 17.9 Å². The van der Waals surface area contributed by atoms with Gasteiger partial charge in [-0.25, -0.2) is 8.78 Å². The Morgan fingerprint density at radius 2 is 1.36 bits per heavy atom. The van der Waals surface area contributed by atoms with E-state index in [1.807, 2.05) is 0 Å². The Labute approximate surface area is 76.2 Å². The van der Waals surface area contributed by atoms with Gasteiger partial charge in [0, 0.05) is 0 Å². The fourth-order valence-corrected chi connectivity index (χ4v) is 0.849. The van der Waals surface area contributed by atoms with Gasteiger partial charge in [-0.15, -0.1) is 0 Å². The van der Waals surface area contributed by atoms with E-state index in [0.717, 1.165) is 12.1 Å². The van der Waals surface area contributed by atoms with Crippen molar-refractivity contribution in [1.82, 2.24) is 0 Å². The van der Waals surface area contributed by atoms with Gasteiger partial charge in [-0.05, 0) is 0 Å². The van der Waals surface area contributed by atoms with Gasteiger partial charge in [-0.1, -0.05) is 0 Å². The zero-order chi connectivity index (χ0) is 10.9. The molecule has 0 saturated carbocycles. The van der Waals surface area contributed by atoms with Crippen LogP contribution >= 0.6 is 0 Å². The number of halogens is 3. The third kappa shape index (κ3) is 1.14. The van der Waals surface area contributed by atoms with Crippen molar-refractivity contribution in [3.05, 3.63) is 28.6 Å². The number of hydrogen-bond donors (Lipinski definition) is 1.